The molecular weight excluding hydrogens is 510 g/mol. The SMILES string of the molecule is COc1ccc(-n2c(C)ccc2[C@H]2[C@H](c3ccccn3)NC(=S)N2CCC(=O)Nc2ccccc2OC)cc1. The van der Waals surface area contributed by atoms with Crippen molar-refractivity contribution in [1.82, 2.24) is 19.8 Å². The molecule has 1 fully saturated rings. The lowest BCUT2D eigenvalue weighted by atomic mass is 10.0. The lowest BCUT2D eigenvalue weighted by Crippen LogP contribution is -2.33. The molecule has 0 saturated carbocycles. The molecule has 0 bridgehead atoms. The zero-order valence-corrected chi connectivity index (χ0v) is 22.9. The predicted octanol–water partition coefficient (Wildman–Crippen LogP) is 5.20. The van der Waals surface area contributed by atoms with Gasteiger partial charge in [-0.15, -0.1) is 0 Å². The van der Waals surface area contributed by atoms with Crippen molar-refractivity contribution < 1.29 is 14.3 Å². The van der Waals surface area contributed by atoms with Gasteiger partial charge >= 0.3 is 0 Å². The number of hydrogen-bond donors (Lipinski definition) is 2. The van der Waals surface area contributed by atoms with Crippen LogP contribution in [0.25, 0.3) is 5.69 Å². The fourth-order valence-electron chi connectivity index (χ4n) is 5.02. The molecule has 2 atom stereocenters. The summed E-state index contributed by atoms with van der Waals surface area (Å²) in [6, 6.07) is 25.1. The molecule has 0 aliphatic carbocycles. The quantitative estimate of drug-likeness (QED) is 0.282. The summed E-state index contributed by atoms with van der Waals surface area (Å²) in [6.07, 6.45) is 2.03. The number of rotatable bonds is 9. The third-order valence-electron chi connectivity index (χ3n) is 6.90. The smallest absolute Gasteiger partial charge is 0.226 e. The van der Waals surface area contributed by atoms with Gasteiger partial charge in [0.15, 0.2) is 5.11 Å². The van der Waals surface area contributed by atoms with E-state index in [-0.39, 0.29) is 24.4 Å². The van der Waals surface area contributed by atoms with Crippen LogP contribution in [0.1, 0.15) is 35.6 Å². The number of ether oxygens (including phenoxy) is 2. The number of anilines is 1. The van der Waals surface area contributed by atoms with Crippen LogP contribution in [0.5, 0.6) is 11.5 Å². The number of para-hydroxylation sites is 2. The molecule has 39 heavy (non-hydrogen) atoms. The number of benzene rings is 2. The van der Waals surface area contributed by atoms with Crippen LogP contribution < -0.4 is 20.1 Å². The van der Waals surface area contributed by atoms with Crippen molar-refractivity contribution >= 4 is 28.9 Å². The van der Waals surface area contributed by atoms with Crippen LogP contribution >= 0.6 is 12.2 Å². The Balaban J connectivity index is 1.46. The van der Waals surface area contributed by atoms with Gasteiger partial charge in [-0.25, -0.2) is 0 Å². The number of hydrogen-bond acceptors (Lipinski definition) is 5. The molecule has 0 unspecified atom stereocenters. The van der Waals surface area contributed by atoms with Crippen molar-refractivity contribution in [1.29, 1.82) is 0 Å². The van der Waals surface area contributed by atoms with E-state index in [0.29, 0.717) is 23.1 Å². The summed E-state index contributed by atoms with van der Waals surface area (Å²) < 4.78 is 13.0. The monoisotopic (exact) mass is 541 g/mol. The number of nitrogens with one attached hydrogen (secondary N) is 2. The van der Waals surface area contributed by atoms with Gasteiger partial charge in [0.2, 0.25) is 5.91 Å². The summed E-state index contributed by atoms with van der Waals surface area (Å²) in [5.41, 5.74) is 4.66. The summed E-state index contributed by atoms with van der Waals surface area (Å²) in [4.78, 5) is 19.7. The van der Waals surface area contributed by atoms with Crippen LogP contribution in [0.4, 0.5) is 5.69 Å². The van der Waals surface area contributed by atoms with Crippen LogP contribution in [0.15, 0.2) is 85.1 Å². The van der Waals surface area contributed by atoms with Gasteiger partial charge in [-0.3, -0.25) is 9.78 Å². The van der Waals surface area contributed by atoms with Crippen molar-refractivity contribution in [2.75, 3.05) is 26.1 Å². The Kier molecular flexibility index (Phi) is 7.79. The maximum atomic E-state index is 13.0. The van der Waals surface area contributed by atoms with Gasteiger partial charge in [-0.1, -0.05) is 18.2 Å². The molecule has 2 N–H and O–H groups in total. The highest BCUT2D eigenvalue weighted by Crippen LogP contribution is 2.40. The first kappa shape index (κ1) is 26.2. The average molecular weight is 542 g/mol. The van der Waals surface area contributed by atoms with Crippen molar-refractivity contribution in [3.8, 4) is 17.2 Å². The molecule has 2 aromatic carbocycles. The second kappa shape index (κ2) is 11.6. The first-order valence-corrected chi connectivity index (χ1v) is 13.1. The van der Waals surface area contributed by atoms with Crippen LogP contribution in [0, 0.1) is 6.92 Å². The second-order valence-corrected chi connectivity index (χ2v) is 9.64. The minimum Gasteiger partial charge on any atom is -0.497 e. The molecule has 3 heterocycles. The van der Waals surface area contributed by atoms with Gasteiger partial charge in [0.1, 0.15) is 11.5 Å². The van der Waals surface area contributed by atoms with Crippen LogP contribution in [-0.2, 0) is 4.79 Å². The molecule has 5 rings (SSSR count). The molecule has 1 aliphatic heterocycles. The largest absolute Gasteiger partial charge is 0.497 e. The zero-order valence-electron chi connectivity index (χ0n) is 22.1. The number of thiocarbonyl (C=S) groups is 1. The first-order valence-electron chi connectivity index (χ1n) is 12.7. The number of nitrogens with zero attached hydrogens (tertiary/aromatic N) is 3. The topological polar surface area (TPSA) is 80.7 Å². The number of methoxy groups -OCH3 is 2. The number of amides is 1. The van der Waals surface area contributed by atoms with Crippen LogP contribution in [0.3, 0.4) is 0 Å². The fraction of sp³-hybridized carbons (Fsp3) is 0.233. The number of carbonyl (C=O) groups is 1. The highest BCUT2D eigenvalue weighted by atomic mass is 32.1. The van der Waals surface area contributed by atoms with Crippen molar-refractivity contribution in [2.45, 2.75) is 25.4 Å². The Morgan fingerprint density at radius 3 is 2.49 bits per heavy atom. The lowest BCUT2D eigenvalue weighted by molar-refractivity contribution is -0.116. The maximum absolute atomic E-state index is 13.0. The third kappa shape index (κ3) is 5.44. The first-order chi connectivity index (χ1) is 19.0. The van der Waals surface area contributed by atoms with Gasteiger partial charge in [-0.05, 0) is 79.8 Å². The van der Waals surface area contributed by atoms with Gasteiger partial charge in [-0.2, -0.15) is 0 Å². The van der Waals surface area contributed by atoms with E-state index in [2.05, 4.69) is 44.1 Å². The van der Waals surface area contributed by atoms with Crippen molar-refractivity contribution in [2.24, 2.45) is 0 Å². The number of aryl methyl sites for hydroxylation is 1. The van der Waals surface area contributed by atoms with E-state index in [1.54, 1.807) is 20.4 Å². The summed E-state index contributed by atoms with van der Waals surface area (Å²) in [7, 11) is 3.24. The van der Waals surface area contributed by atoms with Crippen molar-refractivity contribution in [3.63, 3.8) is 0 Å². The molecule has 4 aromatic rings. The van der Waals surface area contributed by atoms with Gasteiger partial charge in [0, 0.05) is 36.2 Å². The Morgan fingerprint density at radius 1 is 1.00 bits per heavy atom. The Labute approximate surface area is 233 Å². The molecule has 200 valence electrons. The van der Waals surface area contributed by atoms with Gasteiger partial charge in [0.05, 0.1) is 37.7 Å². The van der Waals surface area contributed by atoms with E-state index < -0.39 is 0 Å². The number of pyridine rings is 1. The summed E-state index contributed by atoms with van der Waals surface area (Å²) in [6.45, 7) is 2.50. The Hall–Kier alpha value is -4.37. The average Bonchev–Trinajstić information content (AvgIpc) is 3.51. The molecule has 1 saturated heterocycles. The molecule has 8 nitrogen and oxygen atoms in total. The van der Waals surface area contributed by atoms with E-state index in [1.807, 2.05) is 66.7 Å². The molecule has 1 amide bonds. The minimum absolute atomic E-state index is 0.121. The van der Waals surface area contributed by atoms with Gasteiger partial charge in [0.25, 0.3) is 0 Å². The summed E-state index contributed by atoms with van der Waals surface area (Å²) >= 11 is 5.82. The molecule has 2 aromatic heterocycles. The highest BCUT2D eigenvalue weighted by molar-refractivity contribution is 7.80. The number of aromatic nitrogens is 2. The summed E-state index contributed by atoms with van der Waals surface area (Å²) in [5.74, 6) is 1.29. The Bertz CT molecular complexity index is 1460. The zero-order chi connectivity index (χ0) is 27.4. The van der Waals surface area contributed by atoms with E-state index >= 15 is 0 Å². The predicted molar refractivity (Wildman–Crippen MR) is 155 cm³/mol. The van der Waals surface area contributed by atoms with Crippen molar-refractivity contribution in [3.05, 3.63) is 102 Å². The van der Waals surface area contributed by atoms with E-state index in [9.17, 15) is 4.79 Å². The second-order valence-electron chi connectivity index (χ2n) is 9.25. The third-order valence-corrected chi connectivity index (χ3v) is 7.25. The fourth-order valence-corrected chi connectivity index (χ4v) is 5.36. The molecule has 9 heteroatoms. The molecule has 1 aliphatic rings. The normalized spacial score (nSPS) is 16.6. The van der Waals surface area contributed by atoms with Crippen LogP contribution in [-0.4, -0.2) is 46.2 Å². The van der Waals surface area contributed by atoms with E-state index in [0.717, 1.165) is 28.5 Å². The van der Waals surface area contributed by atoms with E-state index in [1.165, 1.54) is 0 Å². The lowest BCUT2D eigenvalue weighted by Gasteiger charge is -2.29. The van der Waals surface area contributed by atoms with E-state index in [4.69, 9.17) is 21.7 Å². The molecule has 0 spiro atoms. The van der Waals surface area contributed by atoms with Gasteiger partial charge < -0.3 is 29.6 Å². The Morgan fingerprint density at radius 2 is 1.77 bits per heavy atom. The maximum Gasteiger partial charge on any atom is 0.226 e. The summed E-state index contributed by atoms with van der Waals surface area (Å²) in [5, 5.41) is 7.03. The van der Waals surface area contributed by atoms with Crippen LogP contribution in [0.2, 0.25) is 0 Å². The highest BCUT2D eigenvalue weighted by Gasteiger charge is 2.41. The minimum atomic E-state index is -0.192. The standard InChI is InChI=1S/C30H31N5O3S/c1-20-11-16-25(35(20)21-12-14-22(37-2)15-13-21)29-28(24-9-6-7-18-31-24)33-30(39)34(29)19-17-27(36)32-23-8-4-5-10-26(23)38-3/h4-16,18,28-29H,17,19H2,1-3H3,(H,32,36)(H,33,39)/t28-,29-/m0/s1. The molecule has 0 radical (unpaired) electrons. The molecular formula is C30H31N5O3S. The number of carbonyl (C=O) groups excluding carboxylic acids is 1.